The van der Waals surface area contributed by atoms with Crippen molar-refractivity contribution in [1.29, 1.82) is 0 Å². The Balaban J connectivity index is 1.53. The number of thiophene rings is 1. The molecule has 0 aliphatic heterocycles. The van der Waals surface area contributed by atoms with E-state index in [9.17, 15) is 4.79 Å². The molecule has 0 atom stereocenters. The summed E-state index contributed by atoms with van der Waals surface area (Å²) in [7, 11) is 0. The molecule has 138 valence electrons. The first-order valence-electron chi connectivity index (χ1n) is 9.28. The molecule has 0 saturated heterocycles. The van der Waals surface area contributed by atoms with Crippen LogP contribution in [0.2, 0.25) is 0 Å². The molecule has 1 N–H and O–H groups in total. The van der Waals surface area contributed by atoms with E-state index in [1.165, 1.54) is 24.2 Å². The van der Waals surface area contributed by atoms with Crippen LogP contribution in [-0.4, -0.2) is 21.1 Å². The number of pyridine rings is 1. The van der Waals surface area contributed by atoms with E-state index < -0.39 is 0 Å². The Morgan fingerprint density at radius 2 is 2.14 bits per heavy atom. The summed E-state index contributed by atoms with van der Waals surface area (Å²) in [6.45, 7) is 0.957. The first kappa shape index (κ1) is 15.8. The zero-order valence-electron chi connectivity index (χ0n) is 14.9. The molecule has 5 aromatic rings. The second-order valence-electron chi connectivity index (χ2n) is 7.21. The fraction of sp³-hybridized carbons (Fsp3) is 0.190. The van der Waals surface area contributed by atoms with E-state index in [0.29, 0.717) is 4.70 Å². The molecule has 1 aliphatic rings. The predicted octanol–water partition coefficient (Wildman–Crippen LogP) is 4.56. The van der Waals surface area contributed by atoms with E-state index in [1.807, 2.05) is 30.3 Å². The minimum absolute atomic E-state index is 0.0796. The molecule has 6 nitrogen and oxygen atoms in total. The van der Waals surface area contributed by atoms with Gasteiger partial charge in [0.05, 0.1) is 22.9 Å². The molecule has 28 heavy (non-hydrogen) atoms. The van der Waals surface area contributed by atoms with E-state index in [0.717, 1.165) is 50.5 Å². The summed E-state index contributed by atoms with van der Waals surface area (Å²) in [6, 6.07) is 9.53. The van der Waals surface area contributed by atoms with Crippen molar-refractivity contribution in [2.75, 3.05) is 11.9 Å². The van der Waals surface area contributed by atoms with Crippen LogP contribution in [0.4, 0.5) is 5.69 Å². The highest BCUT2D eigenvalue weighted by Crippen LogP contribution is 2.35. The normalized spacial score (nSPS) is 14.3. The van der Waals surface area contributed by atoms with E-state index in [1.54, 1.807) is 23.4 Å². The molecule has 1 aromatic carbocycles. The second kappa shape index (κ2) is 5.90. The minimum atomic E-state index is -0.0796. The van der Waals surface area contributed by atoms with Gasteiger partial charge in [-0.2, -0.15) is 0 Å². The molecule has 0 unspecified atom stereocenters. The summed E-state index contributed by atoms with van der Waals surface area (Å²) in [6.07, 6.45) is 7.62. The van der Waals surface area contributed by atoms with Crippen LogP contribution in [0.15, 0.2) is 58.3 Å². The van der Waals surface area contributed by atoms with Gasteiger partial charge in [-0.25, -0.2) is 9.97 Å². The Morgan fingerprint density at radius 1 is 1.21 bits per heavy atom. The second-order valence-corrected chi connectivity index (χ2v) is 8.20. The lowest BCUT2D eigenvalue weighted by Gasteiger charge is -2.07. The van der Waals surface area contributed by atoms with Crippen molar-refractivity contribution in [3.8, 4) is 5.69 Å². The van der Waals surface area contributed by atoms with Gasteiger partial charge in [-0.15, -0.1) is 11.3 Å². The fourth-order valence-corrected chi connectivity index (χ4v) is 4.62. The molecule has 7 heteroatoms. The van der Waals surface area contributed by atoms with Gasteiger partial charge < -0.3 is 9.73 Å². The monoisotopic (exact) mass is 388 g/mol. The number of anilines is 1. The molecule has 1 saturated carbocycles. The van der Waals surface area contributed by atoms with E-state index >= 15 is 0 Å². The molecule has 0 spiro atoms. The quantitative estimate of drug-likeness (QED) is 0.488. The highest BCUT2D eigenvalue weighted by Gasteiger charge is 2.22. The summed E-state index contributed by atoms with van der Waals surface area (Å²) in [4.78, 5) is 23.2. The van der Waals surface area contributed by atoms with Crippen LogP contribution < -0.4 is 10.9 Å². The van der Waals surface area contributed by atoms with Gasteiger partial charge >= 0.3 is 0 Å². The summed E-state index contributed by atoms with van der Waals surface area (Å²) < 4.78 is 7.60. The third-order valence-corrected chi connectivity index (χ3v) is 6.35. The molecule has 4 aromatic heterocycles. The SMILES string of the molecule is O=c1c2sc3nccc(NCC4CC4)c3c2ncn1-c1ccc2occc2c1. The van der Waals surface area contributed by atoms with Crippen molar-refractivity contribution in [2.45, 2.75) is 12.8 Å². The molecular weight excluding hydrogens is 372 g/mol. The summed E-state index contributed by atoms with van der Waals surface area (Å²) >= 11 is 1.40. The number of fused-ring (bicyclic) bond motifs is 4. The van der Waals surface area contributed by atoms with Crippen molar-refractivity contribution in [2.24, 2.45) is 5.92 Å². The lowest BCUT2D eigenvalue weighted by Crippen LogP contribution is -2.17. The Labute approximate surface area is 163 Å². The third-order valence-electron chi connectivity index (χ3n) is 5.27. The smallest absolute Gasteiger partial charge is 0.275 e. The summed E-state index contributed by atoms with van der Waals surface area (Å²) in [5.74, 6) is 0.760. The van der Waals surface area contributed by atoms with Crippen LogP contribution in [0.25, 0.3) is 37.1 Å². The highest BCUT2D eigenvalue weighted by molar-refractivity contribution is 7.25. The lowest BCUT2D eigenvalue weighted by atomic mass is 10.2. The Bertz CT molecular complexity index is 1410. The van der Waals surface area contributed by atoms with E-state index in [4.69, 9.17) is 4.42 Å². The maximum Gasteiger partial charge on any atom is 0.275 e. The molecule has 0 radical (unpaired) electrons. The summed E-state index contributed by atoms with van der Waals surface area (Å²) in [5, 5.41) is 5.41. The van der Waals surface area contributed by atoms with Gasteiger partial charge in [-0.05, 0) is 49.1 Å². The number of furan rings is 1. The average molecular weight is 388 g/mol. The van der Waals surface area contributed by atoms with Crippen LogP contribution >= 0.6 is 11.3 Å². The highest BCUT2D eigenvalue weighted by atomic mass is 32.1. The maximum absolute atomic E-state index is 13.2. The van der Waals surface area contributed by atoms with Gasteiger partial charge in [0.25, 0.3) is 5.56 Å². The van der Waals surface area contributed by atoms with E-state index in [-0.39, 0.29) is 5.56 Å². The first-order chi connectivity index (χ1) is 13.8. The van der Waals surface area contributed by atoms with Crippen LogP contribution in [-0.2, 0) is 0 Å². The number of hydrogen-bond donors (Lipinski definition) is 1. The molecule has 0 amide bonds. The van der Waals surface area contributed by atoms with Crippen LogP contribution in [0, 0.1) is 5.92 Å². The minimum Gasteiger partial charge on any atom is -0.464 e. The molecule has 4 heterocycles. The first-order valence-corrected chi connectivity index (χ1v) is 10.1. The predicted molar refractivity (Wildman–Crippen MR) is 112 cm³/mol. The number of aromatic nitrogens is 3. The summed E-state index contributed by atoms with van der Waals surface area (Å²) in [5.41, 5.74) is 3.21. The zero-order valence-corrected chi connectivity index (χ0v) is 15.7. The molecule has 0 bridgehead atoms. The van der Waals surface area contributed by atoms with Gasteiger partial charge in [0.2, 0.25) is 0 Å². The number of nitrogens with one attached hydrogen (secondary N) is 1. The largest absolute Gasteiger partial charge is 0.464 e. The van der Waals surface area contributed by atoms with E-state index in [2.05, 4.69) is 15.3 Å². The van der Waals surface area contributed by atoms with Gasteiger partial charge in [-0.3, -0.25) is 9.36 Å². The van der Waals surface area contributed by atoms with Gasteiger partial charge in [0, 0.05) is 23.8 Å². The lowest BCUT2D eigenvalue weighted by molar-refractivity contribution is 0.616. The van der Waals surface area contributed by atoms with Crippen LogP contribution in [0.5, 0.6) is 0 Å². The Hall–Kier alpha value is -3.19. The zero-order chi connectivity index (χ0) is 18.7. The topological polar surface area (TPSA) is 73.0 Å². The molecule has 1 aliphatic carbocycles. The fourth-order valence-electron chi connectivity index (χ4n) is 3.56. The number of nitrogens with zero attached hydrogens (tertiary/aromatic N) is 3. The van der Waals surface area contributed by atoms with Crippen LogP contribution in [0.1, 0.15) is 12.8 Å². The van der Waals surface area contributed by atoms with Crippen LogP contribution in [0.3, 0.4) is 0 Å². The van der Waals surface area contributed by atoms with Gasteiger partial charge in [0.15, 0.2) is 0 Å². The molecule has 1 fully saturated rings. The van der Waals surface area contributed by atoms with Gasteiger partial charge in [-0.1, -0.05) is 0 Å². The third kappa shape index (κ3) is 2.43. The maximum atomic E-state index is 13.2. The molecule has 6 rings (SSSR count). The number of rotatable bonds is 4. The number of hydrogen-bond acceptors (Lipinski definition) is 6. The standard InChI is InChI=1S/C21H16N4O2S/c26-21-19-18(17-15(23-10-12-1-2-12)5-7-22-20(17)28-19)24-11-25(21)14-3-4-16-13(9-14)6-8-27-16/h3-9,11-12H,1-2,10H2,(H,22,23). The Kier molecular flexibility index (Phi) is 3.34. The van der Waals surface area contributed by atoms with Gasteiger partial charge in [0.1, 0.15) is 21.4 Å². The average Bonchev–Trinajstić information content (AvgIpc) is 3.28. The van der Waals surface area contributed by atoms with Crippen molar-refractivity contribution >= 4 is 48.4 Å². The van der Waals surface area contributed by atoms with Crippen molar-refractivity contribution in [3.05, 3.63) is 59.5 Å². The number of benzene rings is 1. The van der Waals surface area contributed by atoms with Crippen molar-refractivity contribution in [3.63, 3.8) is 0 Å². The Morgan fingerprint density at radius 3 is 3.04 bits per heavy atom. The molecular formula is C21H16N4O2S. The van der Waals surface area contributed by atoms with Crippen molar-refractivity contribution < 1.29 is 4.42 Å². The van der Waals surface area contributed by atoms with Crippen molar-refractivity contribution in [1.82, 2.24) is 14.5 Å².